The highest BCUT2D eigenvalue weighted by Gasteiger charge is 2.35. The lowest BCUT2D eigenvalue weighted by atomic mass is 9.90. The molecule has 2 heterocycles. The first-order valence-electron chi connectivity index (χ1n) is 7.81. The third-order valence-electron chi connectivity index (χ3n) is 3.93. The molecule has 0 unspecified atom stereocenters. The molecule has 0 radical (unpaired) electrons. The minimum atomic E-state index is -0.872. The molecule has 126 valence electrons. The lowest BCUT2D eigenvalue weighted by molar-refractivity contribution is -0.124. The summed E-state index contributed by atoms with van der Waals surface area (Å²) in [5, 5.41) is 2.85. The van der Waals surface area contributed by atoms with Crippen LogP contribution < -0.4 is 15.8 Å². The number of aromatic nitrogens is 2. The molecule has 1 saturated heterocycles. The Morgan fingerprint density at radius 2 is 1.96 bits per heavy atom. The van der Waals surface area contributed by atoms with Crippen molar-refractivity contribution in [3.05, 3.63) is 42.2 Å². The minimum absolute atomic E-state index is 0.193. The molecule has 24 heavy (non-hydrogen) atoms. The van der Waals surface area contributed by atoms with Crippen LogP contribution in [-0.4, -0.2) is 34.6 Å². The van der Waals surface area contributed by atoms with Crippen LogP contribution in [0.1, 0.15) is 18.5 Å². The van der Waals surface area contributed by atoms with Gasteiger partial charge < -0.3 is 20.5 Å². The fourth-order valence-electron chi connectivity index (χ4n) is 2.41. The first kappa shape index (κ1) is 16.4. The number of amides is 1. The number of ether oxygens (including phenoxy) is 2. The summed E-state index contributed by atoms with van der Waals surface area (Å²) in [4.78, 5) is 20.6. The van der Waals surface area contributed by atoms with E-state index >= 15 is 0 Å². The smallest absolute Gasteiger partial charge is 0.322 e. The van der Waals surface area contributed by atoms with E-state index in [2.05, 4.69) is 15.3 Å². The number of anilines is 1. The summed E-state index contributed by atoms with van der Waals surface area (Å²) < 4.78 is 10.8. The maximum absolute atomic E-state index is 12.4. The van der Waals surface area contributed by atoms with Crippen LogP contribution in [0.3, 0.4) is 0 Å². The number of nitrogens with two attached hydrogens (primary N) is 1. The van der Waals surface area contributed by atoms with Gasteiger partial charge in [-0.15, -0.1) is 0 Å². The van der Waals surface area contributed by atoms with Gasteiger partial charge in [0.25, 0.3) is 0 Å². The van der Waals surface area contributed by atoms with Crippen molar-refractivity contribution in [1.29, 1.82) is 0 Å². The molecule has 1 aromatic heterocycles. The molecule has 0 atom stereocenters. The Hall–Kier alpha value is -2.51. The predicted molar refractivity (Wildman–Crippen MR) is 88.9 cm³/mol. The van der Waals surface area contributed by atoms with Crippen LogP contribution in [0.2, 0.25) is 0 Å². The minimum Gasteiger partial charge on any atom is -0.424 e. The third-order valence-corrected chi connectivity index (χ3v) is 3.93. The second-order valence-electron chi connectivity index (χ2n) is 5.83. The number of hydrogen-bond acceptors (Lipinski definition) is 6. The van der Waals surface area contributed by atoms with Crippen LogP contribution >= 0.6 is 0 Å². The Labute approximate surface area is 140 Å². The molecule has 7 heteroatoms. The molecule has 0 spiro atoms. The monoisotopic (exact) mass is 328 g/mol. The average Bonchev–Trinajstić information content (AvgIpc) is 2.57. The number of carbonyl (C=O) groups is 1. The summed E-state index contributed by atoms with van der Waals surface area (Å²) in [5.41, 5.74) is 6.78. The number of nitrogens with one attached hydrogen (secondary N) is 1. The molecule has 3 N–H and O–H groups in total. The maximum atomic E-state index is 12.4. The van der Waals surface area contributed by atoms with Crippen LogP contribution in [0.15, 0.2) is 36.5 Å². The van der Waals surface area contributed by atoms with Crippen molar-refractivity contribution in [2.45, 2.75) is 25.3 Å². The van der Waals surface area contributed by atoms with Gasteiger partial charge in [-0.25, -0.2) is 9.97 Å². The van der Waals surface area contributed by atoms with Gasteiger partial charge in [-0.2, -0.15) is 0 Å². The molecule has 2 aromatic rings. The molecule has 7 nitrogen and oxygen atoms in total. The van der Waals surface area contributed by atoms with E-state index < -0.39 is 5.54 Å². The number of aryl methyl sites for hydroxylation is 1. The predicted octanol–water partition coefficient (Wildman–Crippen LogP) is 2.02. The quantitative estimate of drug-likeness (QED) is 0.891. The molecule has 0 bridgehead atoms. The first-order chi connectivity index (χ1) is 11.5. The van der Waals surface area contributed by atoms with Gasteiger partial charge in [0.15, 0.2) is 0 Å². The zero-order valence-corrected chi connectivity index (χ0v) is 13.5. The number of rotatable bonds is 4. The van der Waals surface area contributed by atoms with Crippen molar-refractivity contribution in [1.82, 2.24) is 9.97 Å². The van der Waals surface area contributed by atoms with E-state index in [4.69, 9.17) is 15.2 Å². The zero-order chi connectivity index (χ0) is 17.0. The van der Waals surface area contributed by atoms with E-state index in [-0.39, 0.29) is 11.9 Å². The Balaban J connectivity index is 1.63. The molecule has 1 aromatic carbocycles. The molecular formula is C17H20N4O3. The van der Waals surface area contributed by atoms with Gasteiger partial charge in [0, 0.05) is 30.8 Å². The van der Waals surface area contributed by atoms with E-state index in [1.54, 1.807) is 36.5 Å². The van der Waals surface area contributed by atoms with Crippen molar-refractivity contribution >= 4 is 11.6 Å². The third kappa shape index (κ3) is 3.87. The number of nitrogens with zero attached hydrogens (tertiary/aromatic N) is 2. The summed E-state index contributed by atoms with van der Waals surface area (Å²) in [6.45, 7) is 2.88. The highest BCUT2D eigenvalue weighted by molar-refractivity contribution is 5.98. The SMILES string of the molecule is Cc1ccnc(Oc2ccc(NC(=O)C3(N)CCOCC3)cc2)n1. The van der Waals surface area contributed by atoms with Crippen LogP contribution in [0.4, 0.5) is 5.69 Å². The summed E-state index contributed by atoms with van der Waals surface area (Å²) >= 11 is 0. The van der Waals surface area contributed by atoms with Crippen molar-refractivity contribution < 1.29 is 14.3 Å². The number of hydrogen-bond donors (Lipinski definition) is 2. The Morgan fingerprint density at radius 1 is 1.25 bits per heavy atom. The van der Waals surface area contributed by atoms with Crippen LogP contribution in [0, 0.1) is 6.92 Å². The van der Waals surface area contributed by atoms with E-state index in [0.29, 0.717) is 37.5 Å². The van der Waals surface area contributed by atoms with Gasteiger partial charge in [0.1, 0.15) is 11.3 Å². The summed E-state index contributed by atoms with van der Waals surface area (Å²) in [6.07, 6.45) is 2.68. The summed E-state index contributed by atoms with van der Waals surface area (Å²) in [7, 11) is 0. The largest absolute Gasteiger partial charge is 0.424 e. The molecular weight excluding hydrogens is 308 g/mol. The van der Waals surface area contributed by atoms with Crippen LogP contribution in [0.25, 0.3) is 0 Å². The normalized spacial score (nSPS) is 16.4. The van der Waals surface area contributed by atoms with E-state index in [0.717, 1.165) is 5.69 Å². The average molecular weight is 328 g/mol. The Morgan fingerprint density at radius 3 is 2.62 bits per heavy atom. The van der Waals surface area contributed by atoms with E-state index in [1.807, 2.05) is 6.92 Å². The van der Waals surface area contributed by atoms with Crippen LogP contribution in [0.5, 0.6) is 11.8 Å². The number of carbonyl (C=O) groups excluding carboxylic acids is 1. The summed E-state index contributed by atoms with van der Waals surface area (Å²) in [5.74, 6) is 0.397. The van der Waals surface area contributed by atoms with Crippen LogP contribution in [-0.2, 0) is 9.53 Å². The highest BCUT2D eigenvalue weighted by Crippen LogP contribution is 2.23. The molecule has 1 amide bonds. The Kier molecular flexibility index (Phi) is 4.73. The van der Waals surface area contributed by atoms with Gasteiger partial charge in [-0.3, -0.25) is 4.79 Å². The van der Waals surface area contributed by atoms with Crippen molar-refractivity contribution in [2.75, 3.05) is 18.5 Å². The summed E-state index contributed by atoms with van der Waals surface area (Å²) in [6, 6.07) is 9.08. The number of benzene rings is 1. The molecule has 1 aliphatic rings. The molecule has 0 saturated carbocycles. The molecule has 3 rings (SSSR count). The van der Waals surface area contributed by atoms with Crippen molar-refractivity contribution in [3.63, 3.8) is 0 Å². The highest BCUT2D eigenvalue weighted by atomic mass is 16.5. The Bertz CT molecular complexity index is 712. The van der Waals surface area contributed by atoms with Gasteiger partial charge in [0.2, 0.25) is 5.91 Å². The molecule has 1 fully saturated rings. The van der Waals surface area contributed by atoms with Crippen molar-refractivity contribution in [2.24, 2.45) is 5.73 Å². The maximum Gasteiger partial charge on any atom is 0.322 e. The van der Waals surface area contributed by atoms with Gasteiger partial charge in [-0.1, -0.05) is 0 Å². The van der Waals surface area contributed by atoms with E-state index in [1.165, 1.54) is 0 Å². The first-order valence-corrected chi connectivity index (χ1v) is 7.81. The fraction of sp³-hybridized carbons (Fsp3) is 0.353. The molecule has 1 aliphatic heterocycles. The van der Waals surface area contributed by atoms with Gasteiger partial charge in [0.05, 0.1) is 0 Å². The standard InChI is InChI=1S/C17H20N4O3/c1-12-6-9-19-16(20-12)24-14-4-2-13(3-5-14)21-15(22)17(18)7-10-23-11-8-17/h2-6,9H,7-8,10-11,18H2,1H3,(H,21,22). The van der Waals surface area contributed by atoms with Crippen molar-refractivity contribution in [3.8, 4) is 11.8 Å². The van der Waals surface area contributed by atoms with E-state index in [9.17, 15) is 4.79 Å². The van der Waals surface area contributed by atoms with Gasteiger partial charge in [-0.05, 0) is 50.1 Å². The van der Waals surface area contributed by atoms with Gasteiger partial charge >= 0.3 is 6.01 Å². The second kappa shape index (κ2) is 6.94. The topological polar surface area (TPSA) is 99.4 Å². The lowest BCUT2D eigenvalue weighted by Crippen LogP contribution is -2.54. The second-order valence-corrected chi connectivity index (χ2v) is 5.83. The lowest BCUT2D eigenvalue weighted by Gasteiger charge is -2.31. The molecule has 0 aliphatic carbocycles. The zero-order valence-electron chi connectivity index (χ0n) is 13.5. The fourth-order valence-corrected chi connectivity index (χ4v) is 2.41.